The average Bonchev–Trinajstić information content (AvgIpc) is 3.25. The monoisotopic (exact) mass is 327 g/mol. The molecule has 2 heterocycles. The lowest BCUT2D eigenvalue weighted by atomic mass is 9.63. The van der Waals surface area contributed by atoms with E-state index in [2.05, 4.69) is 5.32 Å². The molecule has 0 aromatic carbocycles. The van der Waals surface area contributed by atoms with E-state index in [1.165, 1.54) is 6.42 Å². The van der Waals surface area contributed by atoms with Gasteiger partial charge in [0.2, 0.25) is 11.4 Å². The van der Waals surface area contributed by atoms with Crippen molar-refractivity contribution >= 4 is 23.5 Å². The van der Waals surface area contributed by atoms with Crippen LogP contribution >= 0.6 is 11.6 Å². The van der Waals surface area contributed by atoms with E-state index < -0.39 is 29.1 Å². The van der Waals surface area contributed by atoms with Crippen LogP contribution < -0.4 is 5.32 Å². The number of esters is 1. The minimum atomic E-state index is -1.27. The van der Waals surface area contributed by atoms with E-state index in [0.29, 0.717) is 24.1 Å². The van der Waals surface area contributed by atoms with Crippen molar-refractivity contribution in [3.8, 4) is 0 Å². The second-order valence-corrected chi connectivity index (χ2v) is 7.90. The molecule has 0 aromatic heterocycles. The Morgan fingerprint density at radius 3 is 2.91 bits per heavy atom. The van der Waals surface area contributed by atoms with Crippen LogP contribution in [-0.2, 0) is 14.3 Å². The van der Waals surface area contributed by atoms with E-state index in [-0.39, 0.29) is 11.8 Å². The number of aliphatic hydroxyl groups is 1. The molecule has 2 N–H and O–H groups in total. The number of halogens is 1. The number of carbonyl (C=O) groups excluding carboxylic acids is 2. The summed E-state index contributed by atoms with van der Waals surface area (Å²) in [6.07, 6.45) is 3.96. The van der Waals surface area contributed by atoms with E-state index in [4.69, 9.17) is 16.3 Å². The fraction of sp³-hybridized carbons (Fsp3) is 0.875. The van der Waals surface area contributed by atoms with Gasteiger partial charge in [-0.1, -0.05) is 12.8 Å². The molecule has 4 rings (SSSR count). The summed E-state index contributed by atoms with van der Waals surface area (Å²) in [6.45, 7) is 1.76. The van der Waals surface area contributed by atoms with Crippen molar-refractivity contribution in [1.82, 2.24) is 5.32 Å². The van der Waals surface area contributed by atoms with Gasteiger partial charge < -0.3 is 15.2 Å². The van der Waals surface area contributed by atoms with E-state index in [0.717, 1.165) is 19.3 Å². The van der Waals surface area contributed by atoms with Crippen molar-refractivity contribution in [3.63, 3.8) is 0 Å². The number of ether oxygens (including phenoxy) is 1. The molecule has 7 atom stereocenters. The first-order valence-corrected chi connectivity index (χ1v) is 8.78. The summed E-state index contributed by atoms with van der Waals surface area (Å²) in [4.78, 5) is 24.7. The second kappa shape index (κ2) is 4.60. The number of aliphatic hydroxyl groups excluding tert-OH is 1. The lowest BCUT2D eigenvalue weighted by molar-refractivity contribution is -0.240. The predicted molar refractivity (Wildman–Crippen MR) is 79.1 cm³/mol. The Morgan fingerprint density at radius 2 is 2.23 bits per heavy atom. The molecule has 0 unspecified atom stereocenters. The van der Waals surface area contributed by atoms with Crippen LogP contribution in [0.2, 0.25) is 0 Å². The molecule has 0 radical (unpaired) electrons. The summed E-state index contributed by atoms with van der Waals surface area (Å²) >= 11 is 5.80. The fourth-order valence-corrected chi connectivity index (χ4v) is 5.45. The maximum absolute atomic E-state index is 12.3. The van der Waals surface area contributed by atoms with Crippen molar-refractivity contribution in [1.29, 1.82) is 0 Å². The average molecular weight is 328 g/mol. The number of hydrogen-bond acceptors (Lipinski definition) is 4. The van der Waals surface area contributed by atoms with E-state index in [1.807, 2.05) is 0 Å². The molecule has 2 saturated carbocycles. The first-order valence-electron chi connectivity index (χ1n) is 8.25. The van der Waals surface area contributed by atoms with Crippen LogP contribution in [0.4, 0.5) is 0 Å². The minimum Gasteiger partial charge on any atom is -0.453 e. The lowest BCUT2D eigenvalue weighted by Gasteiger charge is -2.55. The Morgan fingerprint density at radius 1 is 1.45 bits per heavy atom. The second-order valence-electron chi connectivity index (χ2n) is 7.52. The predicted octanol–water partition coefficient (Wildman–Crippen LogP) is 1.21. The molecule has 2 aliphatic carbocycles. The molecule has 2 aliphatic heterocycles. The van der Waals surface area contributed by atoms with Gasteiger partial charge in [0.05, 0.1) is 12.0 Å². The van der Waals surface area contributed by atoms with Gasteiger partial charge in [0.25, 0.3) is 0 Å². The standard InChI is InChI=1S/C16H22ClNO4/c1-15-11(5-6-17)13(20)18-16(15,14(21)22-15)12(19)9-4-2-3-8-7-10(8)9/h8-12,19H,2-7H2,1H3,(H,18,20)/t8-,9-,10+,11-,12-,15-,16-/m0/s1. The smallest absolute Gasteiger partial charge is 0.339 e. The number of rotatable bonds is 4. The largest absolute Gasteiger partial charge is 0.453 e. The highest BCUT2D eigenvalue weighted by Crippen LogP contribution is 2.59. The summed E-state index contributed by atoms with van der Waals surface area (Å²) in [6, 6.07) is 0. The van der Waals surface area contributed by atoms with Crippen LogP contribution in [0.1, 0.15) is 39.0 Å². The molecular weight excluding hydrogens is 306 g/mol. The van der Waals surface area contributed by atoms with Gasteiger partial charge in [-0.05, 0) is 43.9 Å². The molecular formula is C16H22ClNO4. The van der Waals surface area contributed by atoms with Crippen molar-refractivity contribution in [2.24, 2.45) is 23.7 Å². The van der Waals surface area contributed by atoms with Crippen LogP contribution in [0.25, 0.3) is 0 Å². The number of hydrogen-bond donors (Lipinski definition) is 2. The molecule has 4 fully saturated rings. The van der Waals surface area contributed by atoms with Crippen molar-refractivity contribution in [2.75, 3.05) is 5.88 Å². The first kappa shape index (κ1) is 14.8. The Kier molecular flexibility index (Phi) is 3.09. The van der Waals surface area contributed by atoms with Gasteiger partial charge >= 0.3 is 5.97 Å². The molecule has 1 amide bonds. The normalized spacial score (nSPS) is 50.3. The zero-order chi connectivity index (χ0) is 15.7. The number of fused-ring (bicyclic) bond motifs is 2. The molecule has 0 spiro atoms. The zero-order valence-corrected chi connectivity index (χ0v) is 13.4. The van der Waals surface area contributed by atoms with Crippen LogP contribution in [0.5, 0.6) is 0 Å². The van der Waals surface area contributed by atoms with Gasteiger partial charge in [-0.25, -0.2) is 4.79 Å². The van der Waals surface area contributed by atoms with Gasteiger partial charge in [0.15, 0.2) is 5.60 Å². The Labute approximate surface area is 134 Å². The summed E-state index contributed by atoms with van der Waals surface area (Å²) in [5, 5.41) is 13.8. The van der Waals surface area contributed by atoms with E-state index in [9.17, 15) is 14.7 Å². The third kappa shape index (κ3) is 1.59. The van der Waals surface area contributed by atoms with Gasteiger partial charge in [0.1, 0.15) is 0 Å². The van der Waals surface area contributed by atoms with Gasteiger partial charge in [-0.3, -0.25) is 4.79 Å². The highest BCUT2D eigenvalue weighted by atomic mass is 35.5. The first-order chi connectivity index (χ1) is 10.5. The topological polar surface area (TPSA) is 75.6 Å². The Hall–Kier alpha value is -0.810. The third-order valence-electron chi connectivity index (χ3n) is 6.60. The maximum Gasteiger partial charge on any atom is 0.339 e. The fourth-order valence-electron chi connectivity index (χ4n) is 5.24. The van der Waals surface area contributed by atoms with Gasteiger partial charge in [0, 0.05) is 5.88 Å². The zero-order valence-electron chi connectivity index (χ0n) is 12.7. The molecule has 22 heavy (non-hydrogen) atoms. The van der Waals surface area contributed by atoms with Crippen molar-refractivity contribution < 1.29 is 19.4 Å². The van der Waals surface area contributed by atoms with Crippen molar-refractivity contribution in [3.05, 3.63) is 0 Å². The molecule has 0 aromatic rings. The lowest BCUT2D eigenvalue weighted by Crippen LogP contribution is -2.80. The van der Waals surface area contributed by atoms with Crippen LogP contribution in [0, 0.1) is 23.7 Å². The summed E-state index contributed by atoms with van der Waals surface area (Å²) in [7, 11) is 0. The highest BCUT2D eigenvalue weighted by Gasteiger charge is 2.80. The number of amides is 1. The van der Waals surface area contributed by atoms with Gasteiger partial charge in [-0.2, -0.15) is 0 Å². The number of alkyl halides is 1. The van der Waals surface area contributed by atoms with Crippen LogP contribution in [0.15, 0.2) is 0 Å². The van der Waals surface area contributed by atoms with Crippen molar-refractivity contribution in [2.45, 2.75) is 56.3 Å². The molecule has 0 bridgehead atoms. The molecule has 4 aliphatic rings. The SMILES string of the molecule is C[C@@]12OC(=O)[C@]1([C@@H](O)[C@H]1CCC[C@H]3C[C@H]31)NC(=O)[C@@H]2CCCl. The van der Waals surface area contributed by atoms with Crippen LogP contribution in [0.3, 0.4) is 0 Å². The highest BCUT2D eigenvalue weighted by molar-refractivity contribution is 6.18. The number of nitrogens with one attached hydrogen (secondary N) is 1. The summed E-state index contributed by atoms with van der Waals surface area (Å²) < 4.78 is 5.41. The maximum atomic E-state index is 12.3. The molecule has 6 heteroatoms. The molecule has 122 valence electrons. The number of carbonyl (C=O) groups is 2. The van der Waals surface area contributed by atoms with E-state index >= 15 is 0 Å². The Bertz CT molecular complexity index is 540. The summed E-state index contributed by atoms with van der Waals surface area (Å²) in [5.41, 5.74) is -2.24. The Balaban J connectivity index is 1.66. The quantitative estimate of drug-likeness (QED) is 0.601. The summed E-state index contributed by atoms with van der Waals surface area (Å²) in [5.74, 6) is 0.414. The molecule has 5 nitrogen and oxygen atoms in total. The van der Waals surface area contributed by atoms with E-state index in [1.54, 1.807) is 6.92 Å². The minimum absolute atomic E-state index is 0.0842. The van der Waals surface area contributed by atoms with Gasteiger partial charge in [-0.15, -0.1) is 11.6 Å². The third-order valence-corrected chi connectivity index (χ3v) is 6.82. The molecule has 2 saturated heterocycles. The van der Waals surface area contributed by atoms with Crippen LogP contribution in [-0.4, -0.2) is 40.1 Å².